The van der Waals surface area contributed by atoms with Crippen LogP contribution in [0.25, 0.3) is 11.1 Å². The lowest BCUT2D eigenvalue weighted by molar-refractivity contribution is -0.122. The van der Waals surface area contributed by atoms with Crippen LogP contribution in [0.2, 0.25) is 0 Å². The molecule has 1 atom stereocenters. The second-order valence-corrected chi connectivity index (χ2v) is 4.24. The molecule has 0 aliphatic heterocycles. The van der Waals surface area contributed by atoms with Gasteiger partial charge in [-0.2, -0.15) is 0 Å². The molecule has 0 aliphatic carbocycles. The smallest absolute Gasteiger partial charge is 0.408 e. The zero-order valence-electron chi connectivity index (χ0n) is 10.5. The van der Waals surface area contributed by atoms with Crippen LogP contribution in [-0.2, 0) is 16.6 Å². The van der Waals surface area contributed by atoms with E-state index in [0.717, 1.165) is 5.56 Å². The van der Waals surface area contributed by atoms with Crippen LogP contribution in [0.5, 0.6) is 0 Å². The van der Waals surface area contributed by atoms with Gasteiger partial charge in [0.15, 0.2) is 5.58 Å². The van der Waals surface area contributed by atoms with E-state index in [1.54, 1.807) is 25.2 Å². The number of ether oxygens (including phenoxy) is 1. The number of carbonyl (C=O) groups is 1. The van der Waals surface area contributed by atoms with E-state index in [9.17, 15) is 9.59 Å². The number of hydrogen-bond acceptors (Lipinski definition) is 5. The number of nitrogens with two attached hydrogens (primary N) is 2. The van der Waals surface area contributed by atoms with Crippen molar-refractivity contribution in [3.63, 3.8) is 0 Å². The topological polar surface area (TPSA) is 113 Å². The molecule has 0 aliphatic rings. The molecule has 1 aromatic carbocycles. The summed E-state index contributed by atoms with van der Waals surface area (Å²) in [4.78, 5) is 21.9. The van der Waals surface area contributed by atoms with Gasteiger partial charge in [0.25, 0.3) is 0 Å². The molecule has 0 saturated heterocycles. The van der Waals surface area contributed by atoms with Crippen LogP contribution in [0, 0.1) is 0 Å². The summed E-state index contributed by atoms with van der Waals surface area (Å²) in [6, 6.07) is 4.81. The fourth-order valence-corrected chi connectivity index (χ4v) is 1.76. The number of aromatic nitrogens is 1. The van der Waals surface area contributed by atoms with Crippen LogP contribution in [0.4, 0.5) is 0 Å². The third kappa shape index (κ3) is 2.83. The average molecular weight is 265 g/mol. The molecule has 1 unspecified atom stereocenters. The summed E-state index contributed by atoms with van der Waals surface area (Å²) in [7, 11) is 1.63. The molecule has 0 spiro atoms. The fourth-order valence-electron chi connectivity index (χ4n) is 1.76. The molecule has 4 N–H and O–H groups in total. The SMILES string of the molecule is Cn1c(=O)oc2cc(C(N)COCC(N)=O)ccc21. The number of rotatable bonds is 5. The van der Waals surface area contributed by atoms with Crippen molar-refractivity contribution in [1.82, 2.24) is 4.57 Å². The molecule has 7 heteroatoms. The second-order valence-electron chi connectivity index (χ2n) is 4.24. The molecule has 1 heterocycles. The zero-order chi connectivity index (χ0) is 14.0. The van der Waals surface area contributed by atoms with Gasteiger partial charge in [0, 0.05) is 7.05 Å². The summed E-state index contributed by atoms with van der Waals surface area (Å²) in [5, 5.41) is 0. The van der Waals surface area contributed by atoms with Crippen molar-refractivity contribution in [3.8, 4) is 0 Å². The normalized spacial score (nSPS) is 12.7. The number of carbonyl (C=O) groups excluding carboxylic acids is 1. The van der Waals surface area contributed by atoms with E-state index >= 15 is 0 Å². The highest BCUT2D eigenvalue weighted by atomic mass is 16.5. The second kappa shape index (κ2) is 5.25. The van der Waals surface area contributed by atoms with Gasteiger partial charge in [-0.25, -0.2) is 4.79 Å². The van der Waals surface area contributed by atoms with Gasteiger partial charge < -0.3 is 20.6 Å². The van der Waals surface area contributed by atoms with Crippen LogP contribution >= 0.6 is 0 Å². The Hall–Kier alpha value is -2.12. The third-order valence-corrected chi connectivity index (χ3v) is 2.79. The predicted octanol–water partition coefficient (Wildman–Crippen LogP) is -0.367. The van der Waals surface area contributed by atoms with Gasteiger partial charge in [-0.1, -0.05) is 6.07 Å². The first-order chi connectivity index (χ1) is 8.99. The van der Waals surface area contributed by atoms with Crippen molar-refractivity contribution in [3.05, 3.63) is 34.3 Å². The zero-order valence-corrected chi connectivity index (χ0v) is 10.5. The molecule has 0 radical (unpaired) electrons. The minimum atomic E-state index is -0.545. The third-order valence-electron chi connectivity index (χ3n) is 2.79. The van der Waals surface area contributed by atoms with Gasteiger partial charge in [-0.15, -0.1) is 0 Å². The summed E-state index contributed by atoms with van der Waals surface area (Å²) < 4.78 is 11.5. The Labute approximate surface area is 108 Å². The maximum Gasteiger partial charge on any atom is 0.419 e. The average Bonchev–Trinajstić information content (AvgIpc) is 2.64. The number of fused-ring (bicyclic) bond motifs is 1. The number of oxazole rings is 1. The van der Waals surface area contributed by atoms with Crippen molar-refractivity contribution in [2.75, 3.05) is 13.2 Å². The van der Waals surface area contributed by atoms with Crippen LogP contribution in [0.1, 0.15) is 11.6 Å². The van der Waals surface area contributed by atoms with E-state index in [2.05, 4.69) is 0 Å². The van der Waals surface area contributed by atoms with E-state index in [-0.39, 0.29) is 13.2 Å². The molecule has 7 nitrogen and oxygen atoms in total. The molecule has 2 aromatic rings. The molecular formula is C12H15N3O4. The van der Waals surface area contributed by atoms with E-state index in [0.29, 0.717) is 11.1 Å². The van der Waals surface area contributed by atoms with Gasteiger partial charge >= 0.3 is 5.76 Å². The maximum atomic E-state index is 11.4. The van der Waals surface area contributed by atoms with E-state index in [1.165, 1.54) is 4.57 Å². The highest BCUT2D eigenvalue weighted by Gasteiger charge is 2.11. The van der Waals surface area contributed by atoms with Gasteiger partial charge in [0.2, 0.25) is 5.91 Å². The number of hydrogen-bond donors (Lipinski definition) is 2. The molecule has 19 heavy (non-hydrogen) atoms. The molecule has 1 aromatic heterocycles. The number of primary amides is 1. The highest BCUT2D eigenvalue weighted by molar-refractivity contribution is 5.75. The Morgan fingerprint density at radius 2 is 2.26 bits per heavy atom. The molecule has 102 valence electrons. The monoisotopic (exact) mass is 265 g/mol. The van der Waals surface area contributed by atoms with Crippen molar-refractivity contribution >= 4 is 17.0 Å². The Balaban J connectivity index is 2.16. The lowest BCUT2D eigenvalue weighted by atomic mass is 10.1. The standard InChI is InChI=1S/C12H15N3O4/c1-15-9-3-2-7(4-10(9)19-12(15)17)8(13)5-18-6-11(14)16/h2-4,8H,5-6,13H2,1H3,(H2,14,16). The summed E-state index contributed by atoms with van der Waals surface area (Å²) in [6.45, 7) is -0.0120. The summed E-state index contributed by atoms with van der Waals surface area (Å²) >= 11 is 0. The molecule has 0 fully saturated rings. The highest BCUT2D eigenvalue weighted by Crippen LogP contribution is 2.18. The predicted molar refractivity (Wildman–Crippen MR) is 68.4 cm³/mol. The van der Waals surface area contributed by atoms with Crippen LogP contribution in [0.3, 0.4) is 0 Å². The van der Waals surface area contributed by atoms with Gasteiger partial charge in [0.05, 0.1) is 18.2 Å². The quantitative estimate of drug-likeness (QED) is 0.765. The first-order valence-corrected chi connectivity index (χ1v) is 5.70. The number of benzene rings is 1. The van der Waals surface area contributed by atoms with E-state index in [1.807, 2.05) is 0 Å². The Kier molecular flexibility index (Phi) is 3.68. The van der Waals surface area contributed by atoms with Crippen LogP contribution in [-0.4, -0.2) is 23.7 Å². The summed E-state index contributed by atoms with van der Waals surface area (Å²) in [6.07, 6.45) is 0. The molecular weight excluding hydrogens is 250 g/mol. The minimum Gasteiger partial charge on any atom is -0.408 e. The fraction of sp³-hybridized carbons (Fsp3) is 0.333. The summed E-state index contributed by atoms with van der Waals surface area (Å²) in [5.41, 5.74) is 12.8. The Morgan fingerprint density at radius 1 is 1.53 bits per heavy atom. The van der Waals surface area contributed by atoms with E-state index in [4.69, 9.17) is 20.6 Å². The number of aryl methyl sites for hydroxylation is 1. The van der Waals surface area contributed by atoms with E-state index < -0.39 is 17.7 Å². The van der Waals surface area contributed by atoms with Gasteiger partial charge in [-0.3, -0.25) is 9.36 Å². The lowest BCUT2D eigenvalue weighted by Crippen LogP contribution is -2.23. The Bertz CT molecular complexity index is 659. The van der Waals surface area contributed by atoms with Crippen molar-refractivity contribution in [2.24, 2.45) is 18.5 Å². The van der Waals surface area contributed by atoms with Gasteiger partial charge in [-0.05, 0) is 17.7 Å². The van der Waals surface area contributed by atoms with Crippen molar-refractivity contribution in [1.29, 1.82) is 0 Å². The maximum absolute atomic E-state index is 11.4. The largest absolute Gasteiger partial charge is 0.419 e. The van der Waals surface area contributed by atoms with Crippen LogP contribution < -0.4 is 17.2 Å². The molecule has 0 bridgehead atoms. The molecule has 0 saturated carbocycles. The van der Waals surface area contributed by atoms with Crippen LogP contribution in [0.15, 0.2) is 27.4 Å². The summed E-state index contributed by atoms with van der Waals surface area (Å²) in [5.74, 6) is -0.970. The minimum absolute atomic E-state index is 0.158. The first kappa shape index (κ1) is 13.3. The molecule has 2 rings (SSSR count). The van der Waals surface area contributed by atoms with Crippen molar-refractivity contribution in [2.45, 2.75) is 6.04 Å². The Morgan fingerprint density at radius 3 is 2.95 bits per heavy atom. The van der Waals surface area contributed by atoms with Crippen molar-refractivity contribution < 1.29 is 13.9 Å². The molecule has 1 amide bonds. The number of nitrogens with zero attached hydrogens (tertiary/aromatic N) is 1. The lowest BCUT2D eigenvalue weighted by Gasteiger charge is -2.11. The first-order valence-electron chi connectivity index (χ1n) is 5.70. The van der Waals surface area contributed by atoms with Gasteiger partial charge in [0.1, 0.15) is 6.61 Å². The number of amides is 1.